The van der Waals surface area contributed by atoms with E-state index >= 15 is 0 Å². The van der Waals surface area contributed by atoms with Crippen LogP contribution in [0.5, 0.6) is 0 Å². The summed E-state index contributed by atoms with van der Waals surface area (Å²) in [6.45, 7) is 2.13. The van der Waals surface area contributed by atoms with Gasteiger partial charge in [0.15, 0.2) is 0 Å². The second kappa shape index (κ2) is 5.09. The predicted octanol–water partition coefficient (Wildman–Crippen LogP) is 3.31. The average molecular weight is 303 g/mol. The first kappa shape index (κ1) is 13.8. The maximum atomic E-state index is 11.9. The lowest BCUT2D eigenvalue weighted by atomic mass is 10.0. The molecule has 0 saturated heterocycles. The Morgan fingerprint density at radius 1 is 1.09 bits per heavy atom. The fraction of sp³-hybridized carbons (Fsp3) is 0.158. The second-order valence-corrected chi connectivity index (χ2v) is 5.96. The number of aromatic nitrogens is 3. The molecule has 1 N–H and O–H groups in total. The highest BCUT2D eigenvalue weighted by molar-refractivity contribution is 5.89. The highest BCUT2D eigenvalue weighted by Crippen LogP contribution is 2.27. The smallest absolute Gasteiger partial charge is 0.272 e. The lowest BCUT2D eigenvalue weighted by Gasteiger charge is -2.05. The summed E-state index contributed by atoms with van der Waals surface area (Å²) in [7, 11) is 2.06. The Bertz CT molecular complexity index is 1090. The molecular weight excluding hydrogens is 286 g/mol. The molecule has 23 heavy (non-hydrogen) atoms. The molecule has 4 aromatic rings. The predicted molar refractivity (Wildman–Crippen MR) is 92.8 cm³/mol. The molecule has 2 heterocycles. The van der Waals surface area contributed by atoms with Gasteiger partial charge in [0.2, 0.25) is 0 Å². The number of benzene rings is 2. The number of nitrogens with one attached hydrogen (secondary N) is 1. The van der Waals surface area contributed by atoms with Gasteiger partial charge in [0, 0.05) is 36.0 Å². The summed E-state index contributed by atoms with van der Waals surface area (Å²) in [6.07, 6.45) is 2.85. The molecule has 0 aliphatic heterocycles. The third-order valence-electron chi connectivity index (χ3n) is 4.43. The van der Waals surface area contributed by atoms with Gasteiger partial charge in [0.05, 0.1) is 11.1 Å². The summed E-state index contributed by atoms with van der Waals surface area (Å²) in [5.74, 6) is 0. The molecule has 0 fully saturated rings. The van der Waals surface area contributed by atoms with E-state index in [4.69, 9.17) is 0 Å². The van der Waals surface area contributed by atoms with Gasteiger partial charge in [-0.3, -0.25) is 4.79 Å². The Morgan fingerprint density at radius 2 is 1.87 bits per heavy atom. The Morgan fingerprint density at radius 3 is 2.70 bits per heavy atom. The standard InChI is InChI=1S/C19H17N3O/c1-12-6-5-9-17-18(12)13(11-22(17)2)10-16-14-7-3-4-8-15(14)19(23)21-20-16/h3-9,11H,10H2,1-2H3,(H,21,23). The van der Waals surface area contributed by atoms with E-state index in [0.29, 0.717) is 11.8 Å². The SMILES string of the molecule is Cc1cccc2c1c(Cc1n[nH]c(=O)c3ccccc13)cn2C. The number of hydrogen-bond acceptors (Lipinski definition) is 2. The van der Waals surface area contributed by atoms with Crippen LogP contribution in [0.1, 0.15) is 16.8 Å². The number of aryl methyl sites for hydroxylation is 2. The maximum Gasteiger partial charge on any atom is 0.272 e. The van der Waals surface area contributed by atoms with Crippen LogP contribution in [0.15, 0.2) is 53.5 Å². The van der Waals surface area contributed by atoms with E-state index in [-0.39, 0.29) is 5.56 Å². The van der Waals surface area contributed by atoms with E-state index < -0.39 is 0 Å². The maximum absolute atomic E-state index is 11.9. The minimum Gasteiger partial charge on any atom is -0.350 e. The van der Waals surface area contributed by atoms with E-state index in [1.54, 1.807) is 0 Å². The van der Waals surface area contributed by atoms with Gasteiger partial charge in [-0.2, -0.15) is 5.10 Å². The summed E-state index contributed by atoms with van der Waals surface area (Å²) >= 11 is 0. The molecule has 2 aromatic heterocycles. The summed E-state index contributed by atoms with van der Waals surface area (Å²) < 4.78 is 2.14. The van der Waals surface area contributed by atoms with Crippen molar-refractivity contribution >= 4 is 21.7 Å². The minimum atomic E-state index is -0.140. The quantitative estimate of drug-likeness (QED) is 0.617. The molecule has 2 aromatic carbocycles. The van der Waals surface area contributed by atoms with Crippen LogP contribution in [0, 0.1) is 6.92 Å². The lowest BCUT2D eigenvalue weighted by Crippen LogP contribution is -2.11. The van der Waals surface area contributed by atoms with Gasteiger partial charge in [-0.05, 0) is 30.2 Å². The Kier molecular flexibility index (Phi) is 3.05. The molecule has 0 bridgehead atoms. The Balaban J connectivity index is 1.93. The third-order valence-corrected chi connectivity index (χ3v) is 4.43. The van der Waals surface area contributed by atoms with Crippen LogP contribution in [-0.2, 0) is 13.5 Å². The van der Waals surface area contributed by atoms with Crippen LogP contribution in [0.25, 0.3) is 21.7 Å². The van der Waals surface area contributed by atoms with Crippen molar-refractivity contribution in [1.29, 1.82) is 0 Å². The third kappa shape index (κ3) is 2.14. The van der Waals surface area contributed by atoms with Crippen LogP contribution in [0.3, 0.4) is 0 Å². The van der Waals surface area contributed by atoms with Gasteiger partial charge in [0.25, 0.3) is 5.56 Å². The van der Waals surface area contributed by atoms with Crippen molar-refractivity contribution < 1.29 is 0 Å². The Labute approximate surface area is 133 Å². The number of aromatic amines is 1. The van der Waals surface area contributed by atoms with E-state index in [9.17, 15) is 4.79 Å². The average Bonchev–Trinajstić information content (AvgIpc) is 2.88. The molecule has 4 rings (SSSR count). The normalized spacial score (nSPS) is 11.4. The second-order valence-electron chi connectivity index (χ2n) is 5.96. The first-order valence-electron chi connectivity index (χ1n) is 7.65. The summed E-state index contributed by atoms with van der Waals surface area (Å²) in [6, 6.07) is 14.0. The highest BCUT2D eigenvalue weighted by atomic mass is 16.1. The van der Waals surface area contributed by atoms with E-state index in [2.05, 4.69) is 53.1 Å². The molecule has 114 valence electrons. The molecule has 0 saturated carbocycles. The number of fused-ring (bicyclic) bond motifs is 2. The molecule has 0 spiro atoms. The van der Waals surface area contributed by atoms with Crippen molar-refractivity contribution in [2.75, 3.05) is 0 Å². The first-order chi connectivity index (χ1) is 11.1. The number of nitrogens with zero attached hydrogens (tertiary/aromatic N) is 2. The van der Waals surface area contributed by atoms with E-state index in [0.717, 1.165) is 11.1 Å². The molecule has 0 aliphatic rings. The summed E-state index contributed by atoms with van der Waals surface area (Å²) in [5, 5.41) is 9.80. The number of hydrogen-bond donors (Lipinski definition) is 1. The molecule has 0 radical (unpaired) electrons. The van der Waals surface area contributed by atoms with Crippen LogP contribution in [0.2, 0.25) is 0 Å². The zero-order valence-corrected chi connectivity index (χ0v) is 13.1. The van der Waals surface area contributed by atoms with Crippen LogP contribution < -0.4 is 5.56 Å². The first-order valence-corrected chi connectivity index (χ1v) is 7.65. The van der Waals surface area contributed by atoms with Gasteiger partial charge in [-0.15, -0.1) is 0 Å². The van der Waals surface area contributed by atoms with Crippen molar-refractivity contribution in [1.82, 2.24) is 14.8 Å². The molecular formula is C19H17N3O. The van der Waals surface area contributed by atoms with E-state index in [1.165, 1.54) is 22.0 Å². The molecule has 0 amide bonds. The lowest BCUT2D eigenvalue weighted by molar-refractivity contribution is 0.922. The molecule has 0 aliphatic carbocycles. The molecule has 0 atom stereocenters. The topological polar surface area (TPSA) is 50.7 Å². The van der Waals surface area contributed by atoms with Crippen LogP contribution in [-0.4, -0.2) is 14.8 Å². The largest absolute Gasteiger partial charge is 0.350 e. The molecule has 4 nitrogen and oxygen atoms in total. The van der Waals surface area contributed by atoms with Gasteiger partial charge in [-0.1, -0.05) is 30.3 Å². The van der Waals surface area contributed by atoms with E-state index in [1.807, 2.05) is 24.3 Å². The van der Waals surface area contributed by atoms with Gasteiger partial charge < -0.3 is 4.57 Å². The number of H-pyrrole nitrogens is 1. The van der Waals surface area contributed by atoms with Gasteiger partial charge >= 0.3 is 0 Å². The molecule has 4 heteroatoms. The van der Waals surface area contributed by atoms with Crippen molar-refractivity contribution in [3.05, 3.63) is 75.8 Å². The van der Waals surface area contributed by atoms with Crippen molar-refractivity contribution in [2.45, 2.75) is 13.3 Å². The van der Waals surface area contributed by atoms with Crippen LogP contribution >= 0.6 is 0 Å². The molecule has 0 unspecified atom stereocenters. The monoisotopic (exact) mass is 303 g/mol. The summed E-state index contributed by atoms with van der Waals surface area (Å²) in [5.41, 5.74) is 4.46. The fourth-order valence-electron chi connectivity index (χ4n) is 3.35. The van der Waals surface area contributed by atoms with Crippen LogP contribution in [0.4, 0.5) is 0 Å². The van der Waals surface area contributed by atoms with Gasteiger partial charge in [-0.25, -0.2) is 5.10 Å². The summed E-state index contributed by atoms with van der Waals surface area (Å²) in [4.78, 5) is 11.9. The number of rotatable bonds is 2. The Hall–Kier alpha value is -2.88. The van der Waals surface area contributed by atoms with Gasteiger partial charge in [0.1, 0.15) is 0 Å². The minimum absolute atomic E-state index is 0.140. The van der Waals surface area contributed by atoms with Crippen molar-refractivity contribution in [2.24, 2.45) is 7.05 Å². The zero-order chi connectivity index (χ0) is 16.0. The van der Waals surface area contributed by atoms with Crippen molar-refractivity contribution in [3.8, 4) is 0 Å². The fourth-order valence-corrected chi connectivity index (χ4v) is 3.35. The van der Waals surface area contributed by atoms with Crippen molar-refractivity contribution in [3.63, 3.8) is 0 Å². The highest BCUT2D eigenvalue weighted by Gasteiger charge is 2.12. The zero-order valence-electron chi connectivity index (χ0n) is 13.1.